The fourth-order valence-electron chi connectivity index (χ4n) is 3.80. The van der Waals surface area contributed by atoms with E-state index in [0.29, 0.717) is 24.9 Å². The highest BCUT2D eigenvalue weighted by atomic mass is 32.2. The lowest BCUT2D eigenvalue weighted by molar-refractivity contribution is 0.207. The lowest BCUT2D eigenvalue weighted by Crippen LogP contribution is -2.45. The van der Waals surface area contributed by atoms with E-state index in [2.05, 4.69) is 15.5 Å². The van der Waals surface area contributed by atoms with Gasteiger partial charge >= 0.3 is 6.03 Å². The van der Waals surface area contributed by atoms with Crippen LogP contribution in [0.4, 0.5) is 4.79 Å². The molecule has 7 nitrogen and oxygen atoms in total. The van der Waals surface area contributed by atoms with Crippen molar-refractivity contribution in [1.82, 2.24) is 20.4 Å². The third-order valence-corrected chi connectivity index (χ3v) is 6.19. The van der Waals surface area contributed by atoms with Gasteiger partial charge < -0.3 is 14.6 Å². The van der Waals surface area contributed by atoms with E-state index in [1.54, 1.807) is 16.7 Å². The van der Waals surface area contributed by atoms with E-state index in [4.69, 9.17) is 9.26 Å². The van der Waals surface area contributed by atoms with Crippen molar-refractivity contribution in [1.29, 1.82) is 0 Å². The number of carbonyl (C=O) groups excluding carboxylic acids is 1. The van der Waals surface area contributed by atoms with Crippen LogP contribution >= 0.6 is 11.8 Å². The molecule has 1 unspecified atom stereocenters. The lowest BCUT2D eigenvalue weighted by Gasteiger charge is -2.34. The summed E-state index contributed by atoms with van der Waals surface area (Å²) < 4.78 is 11.2. The second-order valence-corrected chi connectivity index (χ2v) is 8.16. The Morgan fingerprint density at radius 2 is 1.84 bits per heavy atom. The summed E-state index contributed by atoms with van der Waals surface area (Å²) in [5.74, 6) is 1.67. The van der Waals surface area contributed by atoms with E-state index in [1.165, 1.54) is 0 Å². The van der Waals surface area contributed by atoms with Gasteiger partial charge in [0.25, 0.3) is 5.89 Å². The maximum Gasteiger partial charge on any atom is 0.322 e. The summed E-state index contributed by atoms with van der Waals surface area (Å²) in [7, 11) is 0. The summed E-state index contributed by atoms with van der Waals surface area (Å²) >= 11 is 1.67. The van der Waals surface area contributed by atoms with Gasteiger partial charge in [0.15, 0.2) is 0 Å². The highest BCUT2D eigenvalue weighted by molar-refractivity contribution is 7.98. The number of amides is 2. The second-order valence-electron chi connectivity index (χ2n) is 7.28. The molecule has 0 saturated heterocycles. The number of nitrogens with zero attached hydrogens (tertiary/aromatic N) is 3. The van der Waals surface area contributed by atoms with Crippen LogP contribution in [0.15, 0.2) is 63.6 Å². The van der Waals surface area contributed by atoms with E-state index in [1.807, 2.05) is 75.6 Å². The van der Waals surface area contributed by atoms with Gasteiger partial charge in [-0.1, -0.05) is 17.3 Å². The summed E-state index contributed by atoms with van der Waals surface area (Å²) in [4.78, 5) is 20.2. The van der Waals surface area contributed by atoms with Crippen molar-refractivity contribution < 1.29 is 14.1 Å². The molecule has 1 atom stereocenters. The van der Waals surface area contributed by atoms with Gasteiger partial charge in [0.1, 0.15) is 5.75 Å². The number of benzene rings is 2. The number of rotatable bonds is 7. The van der Waals surface area contributed by atoms with Gasteiger partial charge in [0, 0.05) is 22.7 Å². The van der Waals surface area contributed by atoms with Gasteiger partial charge in [-0.05, 0) is 69.0 Å². The summed E-state index contributed by atoms with van der Waals surface area (Å²) in [5.41, 5.74) is 3.39. The predicted octanol–water partition coefficient (Wildman–Crippen LogP) is 5.37. The molecular weight excluding hydrogens is 424 g/mol. The first-order chi connectivity index (χ1) is 15.5. The molecular formula is C24H26N4O3S. The van der Waals surface area contributed by atoms with Crippen molar-refractivity contribution in [3.63, 3.8) is 0 Å². The van der Waals surface area contributed by atoms with Gasteiger partial charge in [-0.2, -0.15) is 4.98 Å². The first kappa shape index (κ1) is 22.0. The fraction of sp³-hybridized carbons (Fsp3) is 0.292. The van der Waals surface area contributed by atoms with Crippen molar-refractivity contribution in [3.8, 4) is 17.1 Å². The van der Waals surface area contributed by atoms with Crippen LogP contribution < -0.4 is 10.1 Å². The fourth-order valence-corrected chi connectivity index (χ4v) is 4.21. The number of nitrogens with one attached hydrogen (secondary N) is 1. The molecule has 0 aliphatic carbocycles. The lowest BCUT2D eigenvalue weighted by atomic mass is 9.95. The Hall–Kier alpha value is -3.26. The Morgan fingerprint density at radius 3 is 2.47 bits per heavy atom. The minimum atomic E-state index is -0.380. The van der Waals surface area contributed by atoms with Crippen molar-refractivity contribution in [3.05, 3.63) is 65.7 Å². The third-order valence-electron chi connectivity index (χ3n) is 5.44. The monoisotopic (exact) mass is 450 g/mol. The minimum absolute atomic E-state index is 0.140. The molecule has 2 amide bonds. The smallest absolute Gasteiger partial charge is 0.322 e. The Kier molecular flexibility index (Phi) is 6.50. The molecule has 2 heterocycles. The molecule has 0 bridgehead atoms. The third kappa shape index (κ3) is 4.23. The zero-order valence-electron chi connectivity index (χ0n) is 18.6. The summed E-state index contributed by atoms with van der Waals surface area (Å²) in [6.07, 6.45) is 2.03. The van der Waals surface area contributed by atoms with Gasteiger partial charge in [0.05, 0.1) is 18.2 Å². The van der Waals surface area contributed by atoms with E-state index >= 15 is 0 Å². The van der Waals surface area contributed by atoms with Crippen LogP contribution in [-0.2, 0) is 0 Å². The SMILES string of the molecule is CCOc1ccc(-c2noc(C3=C(C)N(CC)C(=O)NC3c3ccc(SC)cc3)n2)cc1. The molecule has 0 radical (unpaired) electrons. The maximum atomic E-state index is 12.7. The van der Waals surface area contributed by atoms with Gasteiger partial charge in [0.2, 0.25) is 5.82 Å². The molecule has 1 N–H and O–H groups in total. The largest absolute Gasteiger partial charge is 0.494 e. The topological polar surface area (TPSA) is 80.5 Å². The van der Waals surface area contributed by atoms with E-state index < -0.39 is 0 Å². The minimum Gasteiger partial charge on any atom is -0.494 e. The van der Waals surface area contributed by atoms with Crippen LogP contribution in [0.5, 0.6) is 5.75 Å². The van der Waals surface area contributed by atoms with E-state index in [0.717, 1.165) is 33.0 Å². The molecule has 3 aromatic rings. The average molecular weight is 451 g/mol. The van der Waals surface area contributed by atoms with Gasteiger partial charge in [-0.15, -0.1) is 11.8 Å². The second kappa shape index (κ2) is 9.48. The van der Waals surface area contributed by atoms with Crippen molar-refractivity contribution in [2.24, 2.45) is 0 Å². The molecule has 1 aliphatic heterocycles. The van der Waals surface area contributed by atoms with Crippen LogP contribution in [0.2, 0.25) is 0 Å². The van der Waals surface area contributed by atoms with Crippen LogP contribution in [0, 0.1) is 0 Å². The predicted molar refractivity (Wildman–Crippen MR) is 125 cm³/mol. The molecule has 1 aromatic heterocycles. The van der Waals surface area contributed by atoms with Crippen molar-refractivity contribution in [2.45, 2.75) is 31.7 Å². The molecule has 0 spiro atoms. The molecule has 1 aliphatic rings. The quantitative estimate of drug-likeness (QED) is 0.487. The highest BCUT2D eigenvalue weighted by Gasteiger charge is 2.35. The Morgan fingerprint density at radius 1 is 1.12 bits per heavy atom. The average Bonchev–Trinajstić information content (AvgIpc) is 3.29. The molecule has 166 valence electrons. The van der Waals surface area contributed by atoms with E-state index in [9.17, 15) is 4.79 Å². The number of allylic oxidation sites excluding steroid dienone is 1. The van der Waals surface area contributed by atoms with Crippen molar-refractivity contribution >= 4 is 23.4 Å². The number of hydrogen-bond donors (Lipinski definition) is 1. The Bertz CT molecular complexity index is 1120. The van der Waals surface area contributed by atoms with Gasteiger partial charge in [-0.25, -0.2) is 4.79 Å². The van der Waals surface area contributed by atoms with Crippen LogP contribution in [-0.4, -0.2) is 40.5 Å². The standard InChI is InChI=1S/C24H26N4O3S/c1-5-28-15(3)20(21(25-24(28)29)16-9-13-19(32-4)14-10-16)23-26-22(27-31-23)17-7-11-18(12-8-17)30-6-2/h7-14,21H,5-6H2,1-4H3,(H,25,29). The molecule has 0 fully saturated rings. The van der Waals surface area contributed by atoms with Crippen LogP contribution in [0.3, 0.4) is 0 Å². The van der Waals surface area contributed by atoms with Crippen molar-refractivity contribution in [2.75, 3.05) is 19.4 Å². The zero-order valence-corrected chi connectivity index (χ0v) is 19.4. The first-order valence-electron chi connectivity index (χ1n) is 10.6. The molecule has 2 aromatic carbocycles. The maximum absolute atomic E-state index is 12.7. The van der Waals surface area contributed by atoms with E-state index in [-0.39, 0.29) is 12.1 Å². The number of hydrogen-bond acceptors (Lipinski definition) is 6. The summed E-state index contributed by atoms with van der Waals surface area (Å²) in [5, 5.41) is 7.30. The normalized spacial score (nSPS) is 16.3. The van der Waals surface area contributed by atoms with Crippen LogP contribution in [0.1, 0.15) is 38.3 Å². The number of aromatic nitrogens is 2. The number of urea groups is 1. The summed E-state index contributed by atoms with van der Waals surface area (Å²) in [6, 6.07) is 15.2. The Labute approximate surface area is 191 Å². The van der Waals surface area contributed by atoms with Gasteiger partial charge in [-0.3, -0.25) is 4.90 Å². The molecule has 8 heteroatoms. The first-order valence-corrected chi connectivity index (χ1v) is 11.8. The zero-order chi connectivity index (χ0) is 22.7. The number of ether oxygens (including phenoxy) is 1. The number of carbonyl (C=O) groups is 1. The Balaban J connectivity index is 1.73. The number of thioether (sulfide) groups is 1. The summed E-state index contributed by atoms with van der Waals surface area (Å²) in [6.45, 7) is 6.95. The molecule has 4 rings (SSSR count). The van der Waals surface area contributed by atoms with Crippen LogP contribution in [0.25, 0.3) is 17.0 Å². The molecule has 0 saturated carbocycles. The molecule has 32 heavy (non-hydrogen) atoms. The highest BCUT2D eigenvalue weighted by Crippen LogP contribution is 2.37.